The van der Waals surface area contributed by atoms with Crippen LogP contribution in [0.1, 0.15) is 11.8 Å². The molecule has 0 atom stereocenters. The predicted octanol–water partition coefficient (Wildman–Crippen LogP) is 1.06. The molecule has 1 aromatic heterocycles. The van der Waals surface area contributed by atoms with Gasteiger partial charge in [0.25, 0.3) is 0 Å². The van der Waals surface area contributed by atoms with Crippen LogP contribution in [0.2, 0.25) is 0 Å². The molecule has 0 aromatic carbocycles. The first-order valence-electron chi connectivity index (χ1n) is 4.57. The maximum atomic E-state index is 11.9. The molecule has 2 N–H and O–H groups in total. The maximum Gasteiger partial charge on any atom is 0.183 e. The third-order valence-electron chi connectivity index (χ3n) is 2.08. The van der Waals surface area contributed by atoms with E-state index in [0.29, 0.717) is 5.00 Å². The van der Waals surface area contributed by atoms with Crippen LogP contribution in [0.3, 0.4) is 0 Å². The predicted molar refractivity (Wildman–Crippen MR) is 65.5 cm³/mol. The van der Waals surface area contributed by atoms with E-state index in [2.05, 4.69) is 0 Å². The molecular weight excluding hydrogens is 246 g/mol. The summed E-state index contributed by atoms with van der Waals surface area (Å²) in [6, 6.07) is 1.91. The zero-order valence-corrected chi connectivity index (χ0v) is 10.9. The average molecular weight is 259 g/mol. The second-order valence-corrected chi connectivity index (χ2v) is 6.60. The van der Waals surface area contributed by atoms with Crippen molar-refractivity contribution < 1.29 is 8.42 Å². The molecule has 0 aliphatic heterocycles. The third kappa shape index (κ3) is 1.99. The normalized spacial score (nSPS) is 11.1. The Hall–Kier alpha value is -1.26. The summed E-state index contributed by atoms with van der Waals surface area (Å²) in [7, 11) is 0.0455. The summed E-state index contributed by atoms with van der Waals surface area (Å²) >= 11 is 1.10. The smallest absolute Gasteiger partial charge is 0.183 e. The number of thiophene rings is 1. The number of nitrogen functional groups attached to an aromatic ring is 1. The van der Waals surface area contributed by atoms with E-state index in [9.17, 15) is 8.42 Å². The molecule has 0 unspecified atom stereocenters. The Morgan fingerprint density at radius 1 is 1.50 bits per heavy atom. The number of nitriles is 1. The highest BCUT2D eigenvalue weighted by Crippen LogP contribution is 2.40. The fraction of sp³-hybridized carbons (Fsp3) is 0.444. The van der Waals surface area contributed by atoms with Crippen LogP contribution in [0.5, 0.6) is 0 Å². The minimum atomic E-state index is -3.40. The van der Waals surface area contributed by atoms with E-state index in [-0.39, 0.29) is 21.2 Å². The van der Waals surface area contributed by atoms with Gasteiger partial charge in [-0.05, 0) is 0 Å². The Balaban J connectivity index is 3.61. The van der Waals surface area contributed by atoms with Crippen molar-refractivity contribution in [2.45, 2.75) is 11.8 Å². The van der Waals surface area contributed by atoms with Crippen molar-refractivity contribution in [3.05, 3.63) is 4.88 Å². The number of rotatable bonds is 3. The van der Waals surface area contributed by atoms with Crippen molar-refractivity contribution in [3.63, 3.8) is 0 Å². The van der Waals surface area contributed by atoms with Gasteiger partial charge in [-0.25, -0.2) is 8.42 Å². The highest BCUT2D eigenvalue weighted by Gasteiger charge is 2.26. The van der Waals surface area contributed by atoms with Gasteiger partial charge in [-0.15, -0.1) is 11.3 Å². The summed E-state index contributed by atoms with van der Waals surface area (Å²) in [5.74, 6) is -0.0281. The summed E-state index contributed by atoms with van der Waals surface area (Å²) in [6.45, 7) is 1.55. The van der Waals surface area contributed by atoms with E-state index < -0.39 is 9.84 Å². The number of anilines is 2. The minimum absolute atomic E-state index is 0.0281. The molecule has 0 bridgehead atoms. The third-order valence-corrected chi connectivity index (χ3v) is 5.28. The van der Waals surface area contributed by atoms with Gasteiger partial charge in [-0.3, -0.25) is 0 Å². The van der Waals surface area contributed by atoms with Crippen molar-refractivity contribution in [1.29, 1.82) is 5.26 Å². The molecule has 88 valence electrons. The first-order chi connectivity index (χ1) is 7.35. The van der Waals surface area contributed by atoms with Crippen molar-refractivity contribution in [1.82, 2.24) is 0 Å². The number of hydrogen-bond acceptors (Lipinski definition) is 6. The Bertz CT molecular complexity index is 538. The standard InChI is InChI=1S/C9H13N3O2S2/c1-4-16(13,14)8-7(11)6(5-10)15-9(8)12(2)3/h4,11H2,1-3H3. The number of nitrogens with two attached hydrogens (primary N) is 1. The van der Waals surface area contributed by atoms with Crippen LogP contribution in [-0.2, 0) is 9.84 Å². The molecule has 1 aromatic rings. The molecule has 0 radical (unpaired) electrons. The van der Waals surface area contributed by atoms with Crippen LogP contribution in [0.15, 0.2) is 4.90 Å². The molecule has 0 amide bonds. The fourth-order valence-electron chi connectivity index (χ4n) is 1.24. The van der Waals surface area contributed by atoms with E-state index >= 15 is 0 Å². The first kappa shape index (κ1) is 12.8. The van der Waals surface area contributed by atoms with E-state index in [1.165, 1.54) is 0 Å². The maximum absolute atomic E-state index is 11.9. The molecule has 1 rings (SSSR count). The van der Waals surface area contributed by atoms with Gasteiger partial charge in [0.1, 0.15) is 20.8 Å². The Morgan fingerprint density at radius 2 is 2.06 bits per heavy atom. The summed E-state index contributed by atoms with van der Waals surface area (Å²) in [4.78, 5) is 1.99. The van der Waals surface area contributed by atoms with Gasteiger partial charge >= 0.3 is 0 Å². The zero-order valence-electron chi connectivity index (χ0n) is 9.31. The largest absolute Gasteiger partial charge is 0.396 e. The number of nitrogens with zero attached hydrogens (tertiary/aromatic N) is 2. The molecule has 0 saturated carbocycles. The van der Waals surface area contributed by atoms with Crippen molar-refractivity contribution in [2.24, 2.45) is 0 Å². The molecule has 7 heteroatoms. The van der Waals surface area contributed by atoms with Gasteiger partial charge in [0.15, 0.2) is 9.84 Å². The highest BCUT2D eigenvalue weighted by molar-refractivity contribution is 7.91. The minimum Gasteiger partial charge on any atom is -0.396 e. The molecule has 0 spiro atoms. The lowest BCUT2D eigenvalue weighted by Crippen LogP contribution is -2.13. The molecule has 0 saturated heterocycles. The number of hydrogen-bond donors (Lipinski definition) is 1. The summed E-state index contributed by atoms with van der Waals surface area (Å²) in [5, 5.41) is 9.35. The quantitative estimate of drug-likeness (QED) is 0.877. The van der Waals surface area contributed by atoms with Gasteiger partial charge in [0, 0.05) is 14.1 Å². The van der Waals surface area contributed by atoms with Crippen LogP contribution in [0.4, 0.5) is 10.7 Å². The Morgan fingerprint density at radius 3 is 2.44 bits per heavy atom. The fourth-order valence-corrected chi connectivity index (χ4v) is 3.82. The molecular formula is C9H13N3O2S2. The average Bonchev–Trinajstić information content (AvgIpc) is 2.56. The Labute approximate surface area is 99.0 Å². The van der Waals surface area contributed by atoms with Crippen molar-refractivity contribution >= 4 is 31.9 Å². The van der Waals surface area contributed by atoms with Crippen LogP contribution in [0.25, 0.3) is 0 Å². The number of sulfone groups is 1. The van der Waals surface area contributed by atoms with E-state index in [1.54, 1.807) is 25.9 Å². The zero-order chi connectivity index (χ0) is 12.5. The van der Waals surface area contributed by atoms with E-state index in [1.807, 2.05) is 6.07 Å². The van der Waals surface area contributed by atoms with E-state index in [0.717, 1.165) is 11.3 Å². The SMILES string of the molecule is CCS(=O)(=O)c1c(N(C)C)sc(C#N)c1N. The monoisotopic (exact) mass is 259 g/mol. The topological polar surface area (TPSA) is 87.2 Å². The summed E-state index contributed by atoms with van der Waals surface area (Å²) in [5.41, 5.74) is 5.76. The molecule has 1 heterocycles. The van der Waals surface area contributed by atoms with Crippen LogP contribution < -0.4 is 10.6 Å². The van der Waals surface area contributed by atoms with Gasteiger partial charge in [0.05, 0.1) is 11.4 Å². The lowest BCUT2D eigenvalue weighted by Gasteiger charge is -2.12. The summed E-state index contributed by atoms with van der Waals surface area (Å²) in [6.07, 6.45) is 0. The lowest BCUT2D eigenvalue weighted by atomic mass is 10.4. The molecule has 5 nitrogen and oxygen atoms in total. The second kappa shape index (κ2) is 4.31. The Kier molecular flexibility index (Phi) is 3.45. The molecule has 0 aliphatic carbocycles. The van der Waals surface area contributed by atoms with Crippen LogP contribution >= 0.6 is 11.3 Å². The highest BCUT2D eigenvalue weighted by atomic mass is 32.2. The molecule has 16 heavy (non-hydrogen) atoms. The lowest BCUT2D eigenvalue weighted by molar-refractivity contribution is 0.598. The molecule has 0 fully saturated rings. The van der Waals surface area contributed by atoms with Gasteiger partial charge < -0.3 is 10.6 Å². The first-order valence-corrected chi connectivity index (χ1v) is 7.04. The molecule has 0 aliphatic rings. The second-order valence-electron chi connectivity index (χ2n) is 3.39. The van der Waals surface area contributed by atoms with Gasteiger partial charge in [-0.1, -0.05) is 6.92 Å². The van der Waals surface area contributed by atoms with E-state index in [4.69, 9.17) is 11.0 Å². The van der Waals surface area contributed by atoms with Crippen LogP contribution in [0, 0.1) is 11.3 Å². The summed E-state index contributed by atoms with van der Waals surface area (Å²) < 4.78 is 23.7. The van der Waals surface area contributed by atoms with Crippen LogP contribution in [-0.4, -0.2) is 28.3 Å². The van der Waals surface area contributed by atoms with Gasteiger partial charge in [-0.2, -0.15) is 5.26 Å². The van der Waals surface area contributed by atoms with Gasteiger partial charge in [0.2, 0.25) is 0 Å². The van der Waals surface area contributed by atoms with Crippen molar-refractivity contribution in [2.75, 3.05) is 30.5 Å². The van der Waals surface area contributed by atoms with Crippen molar-refractivity contribution in [3.8, 4) is 6.07 Å².